The Labute approximate surface area is 298 Å². The Morgan fingerprint density at radius 1 is 0.529 bits per heavy atom. The van der Waals surface area contributed by atoms with Crippen molar-refractivity contribution in [3.8, 4) is 44.9 Å². The zero-order chi connectivity index (χ0) is 34.2. The lowest BCUT2D eigenvalue weighted by molar-refractivity contribution is 0.607. The zero-order valence-corrected chi connectivity index (χ0v) is 28.4. The minimum atomic E-state index is -0.122. The van der Waals surface area contributed by atoms with Gasteiger partial charge in [-0.25, -0.2) is 9.97 Å². The molecule has 9 rings (SSSR count). The number of fused-ring (bicyclic) bond motifs is 2. The quantitative estimate of drug-likeness (QED) is 0.179. The van der Waals surface area contributed by atoms with Crippen molar-refractivity contribution < 1.29 is 0 Å². The third-order valence-corrected chi connectivity index (χ3v) is 10.2. The van der Waals surface area contributed by atoms with Crippen molar-refractivity contribution >= 4 is 27.1 Å². The second-order valence-electron chi connectivity index (χ2n) is 13.5. The SMILES string of the molecule is CC1(c2cccc3ccccc23)C=CC(c2cc(-c3ccc(-c4cccnc4)cc3)nc(-c3ccc(-c4cccc5ccccc45)cc3)n2)=CC1. The second-order valence-corrected chi connectivity index (χ2v) is 13.5. The van der Waals surface area contributed by atoms with Crippen LogP contribution in [-0.2, 0) is 5.41 Å². The van der Waals surface area contributed by atoms with Gasteiger partial charge in [0.2, 0.25) is 0 Å². The molecule has 1 aliphatic rings. The molecular weight excluding hydrogens is 619 g/mol. The molecule has 2 heterocycles. The standard InChI is InChI=1S/C48H35N3/c1-48(44-17-7-12-35-10-3-5-15-43(35)44)28-26-38(27-29-48)46-31-45(37-22-18-33(19-23-37)40-13-8-30-49-32-40)50-47(51-46)39-24-20-36(21-25-39)42-16-6-11-34-9-2-4-14-41(34)42/h2-28,30-32H,29H2,1H3. The highest BCUT2D eigenvalue weighted by atomic mass is 14.9. The molecule has 242 valence electrons. The lowest BCUT2D eigenvalue weighted by Crippen LogP contribution is -2.20. The van der Waals surface area contributed by atoms with Gasteiger partial charge in [-0.1, -0.05) is 165 Å². The topological polar surface area (TPSA) is 38.7 Å². The van der Waals surface area contributed by atoms with Crippen LogP contribution in [0.1, 0.15) is 24.6 Å². The van der Waals surface area contributed by atoms with E-state index < -0.39 is 0 Å². The van der Waals surface area contributed by atoms with Crippen LogP contribution in [0.15, 0.2) is 182 Å². The molecule has 0 spiro atoms. The van der Waals surface area contributed by atoms with Crippen molar-refractivity contribution in [2.45, 2.75) is 18.8 Å². The first kappa shape index (κ1) is 30.6. The van der Waals surface area contributed by atoms with Crippen molar-refractivity contribution in [2.24, 2.45) is 0 Å². The first-order valence-electron chi connectivity index (χ1n) is 17.5. The Hall–Kier alpha value is -6.45. The average Bonchev–Trinajstić information content (AvgIpc) is 3.21. The molecule has 0 saturated heterocycles. The summed E-state index contributed by atoms with van der Waals surface area (Å²) in [5, 5.41) is 5.05. The normalized spacial score (nSPS) is 15.6. The second kappa shape index (κ2) is 12.8. The number of aromatic nitrogens is 3. The molecule has 1 aliphatic carbocycles. The highest BCUT2D eigenvalue weighted by Gasteiger charge is 2.27. The van der Waals surface area contributed by atoms with Crippen molar-refractivity contribution in [1.29, 1.82) is 0 Å². The van der Waals surface area contributed by atoms with Gasteiger partial charge in [0.1, 0.15) is 0 Å². The van der Waals surface area contributed by atoms with E-state index in [2.05, 4.69) is 176 Å². The van der Waals surface area contributed by atoms with Crippen LogP contribution in [0.2, 0.25) is 0 Å². The van der Waals surface area contributed by atoms with Crippen LogP contribution in [0.5, 0.6) is 0 Å². The van der Waals surface area contributed by atoms with Crippen LogP contribution in [0.4, 0.5) is 0 Å². The molecule has 6 aromatic carbocycles. The lowest BCUT2D eigenvalue weighted by Gasteiger charge is -2.30. The van der Waals surface area contributed by atoms with Gasteiger partial charge < -0.3 is 0 Å². The number of nitrogens with zero attached hydrogens (tertiary/aromatic N) is 3. The van der Waals surface area contributed by atoms with Crippen LogP contribution in [0, 0.1) is 0 Å². The molecule has 0 N–H and O–H groups in total. The average molecular weight is 654 g/mol. The fourth-order valence-corrected chi connectivity index (χ4v) is 7.36. The van der Waals surface area contributed by atoms with Gasteiger partial charge in [0, 0.05) is 28.9 Å². The molecule has 2 aromatic heterocycles. The molecule has 0 fully saturated rings. The predicted octanol–water partition coefficient (Wildman–Crippen LogP) is 12.1. The zero-order valence-electron chi connectivity index (χ0n) is 28.4. The minimum absolute atomic E-state index is 0.122. The Bertz CT molecular complexity index is 2590. The van der Waals surface area contributed by atoms with E-state index in [4.69, 9.17) is 9.97 Å². The molecular formula is C48H35N3. The summed E-state index contributed by atoms with van der Waals surface area (Å²) in [5.74, 6) is 0.708. The minimum Gasteiger partial charge on any atom is -0.264 e. The van der Waals surface area contributed by atoms with Crippen LogP contribution in [-0.4, -0.2) is 15.0 Å². The Kier molecular flexibility index (Phi) is 7.67. The van der Waals surface area contributed by atoms with Crippen LogP contribution >= 0.6 is 0 Å². The van der Waals surface area contributed by atoms with Gasteiger partial charge in [-0.3, -0.25) is 4.98 Å². The molecule has 8 aromatic rings. The number of allylic oxidation sites excluding steroid dienone is 4. The number of hydrogen-bond acceptors (Lipinski definition) is 3. The van der Waals surface area contributed by atoms with Crippen LogP contribution in [0.25, 0.3) is 72.0 Å². The van der Waals surface area contributed by atoms with E-state index in [1.54, 1.807) is 6.20 Å². The van der Waals surface area contributed by atoms with Crippen molar-refractivity contribution in [3.05, 3.63) is 194 Å². The number of rotatable bonds is 6. The molecule has 3 nitrogen and oxygen atoms in total. The van der Waals surface area contributed by atoms with Crippen LogP contribution in [0.3, 0.4) is 0 Å². The Morgan fingerprint density at radius 2 is 1.18 bits per heavy atom. The smallest absolute Gasteiger partial charge is 0.160 e. The summed E-state index contributed by atoms with van der Waals surface area (Å²) in [4.78, 5) is 14.7. The molecule has 3 heteroatoms. The maximum atomic E-state index is 5.20. The first-order chi connectivity index (χ1) is 25.1. The first-order valence-corrected chi connectivity index (χ1v) is 17.5. The highest BCUT2D eigenvalue weighted by Crippen LogP contribution is 2.40. The summed E-state index contributed by atoms with van der Waals surface area (Å²) in [6.07, 6.45) is 11.5. The van der Waals surface area contributed by atoms with E-state index in [1.165, 1.54) is 38.2 Å². The monoisotopic (exact) mass is 653 g/mol. The lowest BCUT2D eigenvalue weighted by atomic mass is 9.74. The maximum Gasteiger partial charge on any atom is 0.160 e. The molecule has 0 saturated carbocycles. The van der Waals surface area contributed by atoms with E-state index in [0.29, 0.717) is 5.82 Å². The van der Waals surface area contributed by atoms with E-state index in [-0.39, 0.29) is 5.41 Å². The molecule has 0 bridgehead atoms. The maximum absolute atomic E-state index is 5.20. The summed E-state index contributed by atoms with van der Waals surface area (Å²) in [6, 6.07) is 53.7. The third-order valence-electron chi connectivity index (χ3n) is 10.2. The summed E-state index contributed by atoms with van der Waals surface area (Å²) in [5.41, 5.74) is 10.8. The van der Waals surface area contributed by atoms with Gasteiger partial charge in [0.25, 0.3) is 0 Å². The van der Waals surface area contributed by atoms with Gasteiger partial charge in [0.15, 0.2) is 5.82 Å². The summed E-state index contributed by atoms with van der Waals surface area (Å²) in [7, 11) is 0. The molecule has 0 radical (unpaired) electrons. The van der Waals surface area contributed by atoms with Gasteiger partial charge in [-0.05, 0) is 73.5 Å². The van der Waals surface area contributed by atoms with Gasteiger partial charge in [0.05, 0.1) is 11.4 Å². The van der Waals surface area contributed by atoms with Gasteiger partial charge >= 0.3 is 0 Å². The van der Waals surface area contributed by atoms with E-state index in [0.717, 1.165) is 45.6 Å². The molecule has 1 unspecified atom stereocenters. The van der Waals surface area contributed by atoms with E-state index in [1.807, 2.05) is 12.3 Å². The highest BCUT2D eigenvalue weighted by molar-refractivity contribution is 5.97. The van der Waals surface area contributed by atoms with Gasteiger partial charge in [-0.2, -0.15) is 0 Å². The number of hydrogen-bond donors (Lipinski definition) is 0. The fraction of sp³-hybridized carbons (Fsp3) is 0.0625. The summed E-state index contributed by atoms with van der Waals surface area (Å²) < 4.78 is 0. The molecule has 0 amide bonds. The predicted molar refractivity (Wildman–Crippen MR) is 212 cm³/mol. The fourth-order valence-electron chi connectivity index (χ4n) is 7.36. The summed E-state index contributed by atoms with van der Waals surface area (Å²) in [6.45, 7) is 2.33. The molecule has 1 atom stereocenters. The number of pyridine rings is 1. The van der Waals surface area contributed by atoms with Crippen molar-refractivity contribution in [2.75, 3.05) is 0 Å². The Morgan fingerprint density at radius 3 is 1.92 bits per heavy atom. The largest absolute Gasteiger partial charge is 0.264 e. The van der Waals surface area contributed by atoms with E-state index in [9.17, 15) is 0 Å². The molecule has 51 heavy (non-hydrogen) atoms. The van der Waals surface area contributed by atoms with Crippen molar-refractivity contribution in [1.82, 2.24) is 15.0 Å². The third kappa shape index (κ3) is 5.83. The van der Waals surface area contributed by atoms with Gasteiger partial charge in [-0.15, -0.1) is 0 Å². The Balaban J connectivity index is 1.10. The van der Waals surface area contributed by atoms with Crippen LogP contribution < -0.4 is 0 Å². The molecule has 0 aliphatic heterocycles. The van der Waals surface area contributed by atoms with Crippen molar-refractivity contribution in [3.63, 3.8) is 0 Å². The van der Waals surface area contributed by atoms with E-state index >= 15 is 0 Å². The number of benzene rings is 6. The summed E-state index contributed by atoms with van der Waals surface area (Å²) >= 11 is 0.